The first-order valence-corrected chi connectivity index (χ1v) is 13.2. The van der Waals surface area contributed by atoms with Gasteiger partial charge in [-0.25, -0.2) is 0 Å². The van der Waals surface area contributed by atoms with E-state index in [4.69, 9.17) is 0 Å². The van der Waals surface area contributed by atoms with Gasteiger partial charge in [-0.15, -0.1) is 0 Å². The fourth-order valence-corrected chi connectivity index (χ4v) is 9.63. The fourth-order valence-electron chi connectivity index (χ4n) is 9.63. The second kappa shape index (κ2) is 7.60. The molecule has 0 heterocycles. The first-order chi connectivity index (χ1) is 13.2. The number of rotatable bonds is 5. The molecule has 8 unspecified atom stereocenters. The lowest BCUT2D eigenvalue weighted by atomic mass is 9.40. The van der Waals surface area contributed by atoms with Crippen LogP contribution in [0.3, 0.4) is 0 Å². The molecule has 162 valence electrons. The summed E-state index contributed by atoms with van der Waals surface area (Å²) in [5.74, 6) is 5.99. The van der Waals surface area contributed by atoms with E-state index in [1.807, 2.05) is 0 Å². The molecule has 4 aliphatic rings. The van der Waals surface area contributed by atoms with Crippen LogP contribution in [0.5, 0.6) is 0 Å². The summed E-state index contributed by atoms with van der Waals surface area (Å²) in [6.45, 7) is 15.6. The van der Waals surface area contributed by atoms with Crippen molar-refractivity contribution in [2.24, 2.45) is 51.8 Å². The molecular formula is C28H50. The Labute approximate surface area is 177 Å². The van der Waals surface area contributed by atoms with Gasteiger partial charge >= 0.3 is 0 Å². The monoisotopic (exact) mass is 386 g/mol. The predicted octanol–water partition coefficient (Wildman–Crippen LogP) is 8.89. The van der Waals surface area contributed by atoms with Crippen LogP contribution in [0.2, 0.25) is 0 Å². The molecule has 0 aromatic rings. The van der Waals surface area contributed by atoms with Crippen molar-refractivity contribution in [1.82, 2.24) is 0 Å². The van der Waals surface area contributed by atoms with Crippen LogP contribution in [0.25, 0.3) is 0 Å². The van der Waals surface area contributed by atoms with E-state index in [2.05, 4.69) is 41.5 Å². The molecule has 0 saturated heterocycles. The lowest BCUT2D eigenvalue weighted by Gasteiger charge is -2.65. The molecule has 4 saturated carbocycles. The predicted molar refractivity (Wildman–Crippen MR) is 122 cm³/mol. The van der Waals surface area contributed by atoms with E-state index in [0.29, 0.717) is 16.2 Å². The van der Waals surface area contributed by atoms with Gasteiger partial charge in [-0.2, -0.15) is 0 Å². The van der Waals surface area contributed by atoms with Gasteiger partial charge in [0.2, 0.25) is 0 Å². The van der Waals surface area contributed by atoms with Crippen molar-refractivity contribution in [3.8, 4) is 0 Å². The second-order valence-corrected chi connectivity index (χ2v) is 13.1. The summed E-state index contributed by atoms with van der Waals surface area (Å²) in [5, 5.41) is 0. The van der Waals surface area contributed by atoms with Crippen LogP contribution in [0, 0.1) is 51.8 Å². The molecule has 0 aliphatic heterocycles. The lowest BCUT2D eigenvalue weighted by Crippen LogP contribution is -2.56. The zero-order valence-corrected chi connectivity index (χ0v) is 20.2. The van der Waals surface area contributed by atoms with Gasteiger partial charge in [0.1, 0.15) is 0 Å². The largest absolute Gasteiger partial charge is 0.0628 e. The topological polar surface area (TPSA) is 0 Å². The van der Waals surface area contributed by atoms with Crippen molar-refractivity contribution in [3.63, 3.8) is 0 Å². The summed E-state index contributed by atoms with van der Waals surface area (Å²) in [5.41, 5.74) is 1.97. The average Bonchev–Trinajstić information content (AvgIpc) is 2.99. The summed E-state index contributed by atoms with van der Waals surface area (Å²) in [6.07, 6.45) is 19.7. The Balaban J connectivity index is 1.49. The maximum absolute atomic E-state index is 2.75. The van der Waals surface area contributed by atoms with Crippen molar-refractivity contribution in [2.75, 3.05) is 0 Å². The Morgan fingerprint density at radius 1 is 0.750 bits per heavy atom. The first kappa shape index (κ1) is 21.2. The molecular weight excluding hydrogens is 336 g/mol. The maximum Gasteiger partial charge on any atom is -0.0241 e. The average molecular weight is 387 g/mol. The molecule has 0 amide bonds. The SMILES string of the molecule is CC(C)CCCC(C)C1CCC2C3CCC4(C)CCCCC4(C)C3CCC12C. The van der Waals surface area contributed by atoms with Crippen LogP contribution in [0.4, 0.5) is 0 Å². The lowest BCUT2D eigenvalue weighted by molar-refractivity contribution is -0.154. The van der Waals surface area contributed by atoms with Crippen LogP contribution < -0.4 is 0 Å². The Morgan fingerprint density at radius 3 is 2.25 bits per heavy atom. The molecule has 28 heavy (non-hydrogen) atoms. The highest BCUT2D eigenvalue weighted by Gasteiger charge is 2.62. The summed E-state index contributed by atoms with van der Waals surface area (Å²) >= 11 is 0. The minimum Gasteiger partial charge on any atom is -0.0628 e. The molecule has 0 spiro atoms. The van der Waals surface area contributed by atoms with Crippen LogP contribution in [-0.2, 0) is 0 Å². The van der Waals surface area contributed by atoms with Gasteiger partial charge in [-0.3, -0.25) is 0 Å². The highest BCUT2D eigenvalue weighted by atomic mass is 14.7. The quantitative estimate of drug-likeness (QED) is 0.442. The van der Waals surface area contributed by atoms with Gasteiger partial charge in [0.05, 0.1) is 0 Å². The third-order valence-corrected chi connectivity index (χ3v) is 11.5. The molecule has 4 fully saturated rings. The van der Waals surface area contributed by atoms with Gasteiger partial charge in [-0.05, 0) is 103 Å². The van der Waals surface area contributed by atoms with Gasteiger partial charge < -0.3 is 0 Å². The first-order valence-electron chi connectivity index (χ1n) is 13.2. The smallest absolute Gasteiger partial charge is 0.0241 e. The standard InChI is InChI=1S/C28H50/c1-20(2)10-9-11-21(3)23-12-13-24-22-14-18-26(4)16-7-8-17-28(26,6)25(22)15-19-27(23,24)5/h20-25H,7-19H2,1-6H3. The molecule has 4 aliphatic carbocycles. The third-order valence-electron chi connectivity index (χ3n) is 11.5. The molecule has 0 N–H and O–H groups in total. The Kier molecular flexibility index (Phi) is 5.77. The molecule has 0 aromatic carbocycles. The Morgan fingerprint density at radius 2 is 1.50 bits per heavy atom. The molecule has 4 rings (SSSR count). The molecule has 0 bridgehead atoms. The summed E-state index contributed by atoms with van der Waals surface area (Å²) in [6, 6.07) is 0. The van der Waals surface area contributed by atoms with E-state index in [0.717, 1.165) is 35.5 Å². The van der Waals surface area contributed by atoms with Crippen LogP contribution in [-0.4, -0.2) is 0 Å². The Hall–Kier alpha value is 0. The van der Waals surface area contributed by atoms with Crippen molar-refractivity contribution >= 4 is 0 Å². The maximum atomic E-state index is 2.75. The van der Waals surface area contributed by atoms with E-state index in [1.54, 1.807) is 32.1 Å². The van der Waals surface area contributed by atoms with Crippen molar-refractivity contribution in [1.29, 1.82) is 0 Å². The molecule has 0 nitrogen and oxygen atoms in total. The normalized spacial score (nSPS) is 49.4. The van der Waals surface area contributed by atoms with Crippen molar-refractivity contribution in [3.05, 3.63) is 0 Å². The van der Waals surface area contributed by atoms with E-state index < -0.39 is 0 Å². The Bertz CT molecular complexity index is 548. The van der Waals surface area contributed by atoms with Crippen LogP contribution in [0.1, 0.15) is 125 Å². The van der Waals surface area contributed by atoms with Gasteiger partial charge in [-0.1, -0.05) is 73.6 Å². The summed E-state index contributed by atoms with van der Waals surface area (Å²) in [4.78, 5) is 0. The van der Waals surface area contributed by atoms with E-state index in [1.165, 1.54) is 51.4 Å². The summed E-state index contributed by atoms with van der Waals surface area (Å²) < 4.78 is 0. The van der Waals surface area contributed by atoms with Crippen LogP contribution in [0.15, 0.2) is 0 Å². The van der Waals surface area contributed by atoms with Gasteiger partial charge in [0, 0.05) is 0 Å². The van der Waals surface area contributed by atoms with E-state index >= 15 is 0 Å². The molecule has 0 heteroatoms. The zero-order chi connectivity index (χ0) is 20.2. The molecule has 0 aromatic heterocycles. The number of fused-ring (bicyclic) bond motifs is 5. The number of hydrogen-bond acceptors (Lipinski definition) is 0. The molecule has 8 atom stereocenters. The van der Waals surface area contributed by atoms with Gasteiger partial charge in [0.25, 0.3) is 0 Å². The van der Waals surface area contributed by atoms with Gasteiger partial charge in [0.15, 0.2) is 0 Å². The minimum absolute atomic E-state index is 0.649. The second-order valence-electron chi connectivity index (χ2n) is 13.1. The fraction of sp³-hybridized carbons (Fsp3) is 1.00. The minimum atomic E-state index is 0.649. The van der Waals surface area contributed by atoms with E-state index in [-0.39, 0.29) is 0 Å². The molecule has 0 radical (unpaired) electrons. The number of hydrogen-bond donors (Lipinski definition) is 0. The third kappa shape index (κ3) is 3.22. The zero-order valence-electron chi connectivity index (χ0n) is 20.2. The van der Waals surface area contributed by atoms with Crippen molar-refractivity contribution < 1.29 is 0 Å². The summed E-state index contributed by atoms with van der Waals surface area (Å²) in [7, 11) is 0. The van der Waals surface area contributed by atoms with E-state index in [9.17, 15) is 0 Å². The highest BCUT2D eigenvalue weighted by Crippen LogP contribution is 2.71. The highest BCUT2D eigenvalue weighted by molar-refractivity contribution is 5.12. The van der Waals surface area contributed by atoms with Crippen LogP contribution >= 0.6 is 0 Å². The van der Waals surface area contributed by atoms with Crippen molar-refractivity contribution in [2.45, 2.75) is 125 Å².